The molecule has 0 spiro atoms. The average molecular weight is 458 g/mol. The van der Waals surface area contributed by atoms with Crippen LogP contribution in [0, 0.1) is 0 Å². The van der Waals surface area contributed by atoms with Gasteiger partial charge in [-0.3, -0.25) is 4.79 Å². The number of nitrogens with zero attached hydrogens (tertiary/aromatic N) is 2. The van der Waals surface area contributed by atoms with E-state index in [9.17, 15) is 4.79 Å². The van der Waals surface area contributed by atoms with Gasteiger partial charge in [0.15, 0.2) is 5.96 Å². The fourth-order valence-corrected chi connectivity index (χ4v) is 2.82. The summed E-state index contributed by atoms with van der Waals surface area (Å²) in [6.07, 6.45) is 4.24. The van der Waals surface area contributed by atoms with Crippen LogP contribution in [0.4, 0.5) is 0 Å². The van der Waals surface area contributed by atoms with Crippen LogP contribution in [-0.2, 0) is 17.6 Å². The third-order valence-corrected chi connectivity index (χ3v) is 4.31. The van der Waals surface area contributed by atoms with Crippen molar-refractivity contribution in [3.63, 3.8) is 0 Å². The molecule has 0 atom stereocenters. The third-order valence-electron chi connectivity index (χ3n) is 4.31. The van der Waals surface area contributed by atoms with Crippen LogP contribution >= 0.6 is 24.0 Å². The Bertz CT molecular complexity index is 539. The van der Waals surface area contributed by atoms with E-state index in [0.717, 1.165) is 57.8 Å². The number of nitrogens with one attached hydrogen (secondary N) is 2. The molecule has 6 heteroatoms. The number of likely N-dealkylation sites (tertiary alicyclic amines) is 1. The summed E-state index contributed by atoms with van der Waals surface area (Å²) in [6.45, 7) is 7.77. The summed E-state index contributed by atoms with van der Waals surface area (Å²) in [5.74, 6) is 0.843. The molecule has 1 aliphatic heterocycles. The van der Waals surface area contributed by atoms with Crippen molar-refractivity contribution < 1.29 is 4.79 Å². The molecule has 0 bridgehead atoms. The normalized spacial score (nSPS) is 14.2. The van der Waals surface area contributed by atoms with Gasteiger partial charge in [0.1, 0.15) is 6.54 Å². The van der Waals surface area contributed by atoms with E-state index in [0.29, 0.717) is 0 Å². The lowest BCUT2D eigenvalue weighted by molar-refractivity contribution is -0.128. The van der Waals surface area contributed by atoms with Gasteiger partial charge in [-0.15, -0.1) is 24.0 Å². The van der Waals surface area contributed by atoms with Crippen LogP contribution in [0.25, 0.3) is 0 Å². The number of carbonyl (C=O) groups excluding carboxylic acids is 1. The zero-order valence-electron chi connectivity index (χ0n) is 15.4. The second-order valence-corrected chi connectivity index (χ2v) is 6.13. The molecule has 1 aromatic carbocycles. The monoisotopic (exact) mass is 458 g/mol. The number of hydrogen-bond acceptors (Lipinski definition) is 2. The molecule has 0 aromatic heterocycles. The molecular weight excluding hydrogens is 427 g/mol. The second-order valence-electron chi connectivity index (χ2n) is 6.13. The van der Waals surface area contributed by atoms with Crippen LogP contribution in [0.15, 0.2) is 29.3 Å². The molecule has 0 unspecified atom stereocenters. The maximum atomic E-state index is 12.1. The number of amides is 1. The van der Waals surface area contributed by atoms with Crippen molar-refractivity contribution in [3.8, 4) is 0 Å². The summed E-state index contributed by atoms with van der Waals surface area (Å²) < 4.78 is 0. The Kier molecular flexibility index (Phi) is 10.5. The Morgan fingerprint density at radius 3 is 2.32 bits per heavy atom. The highest BCUT2D eigenvalue weighted by Gasteiger charge is 2.17. The van der Waals surface area contributed by atoms with Crippen LogP contribution < -0.4 is 10.6 Å². The molecule has 1 aromatic rings. The molecule has 0 radical (unpaired) electrons. The van der Waals surface area contributed by atoms with Crippen molar-refractivity contribution in [3.05, 3.63) is 35.4 Å². The minimum atomic E-state index is 0. The first-order chi connectivity index (χ1) is 11.7. The Hall–Kier alpha value is -1.31. The van der Waals surface area contributed by atoms with Gasteiger partial charge in [-0.1, -0.05) is 31.2 Å². The first kappa shape index (κ1) is 21.7. The van der Waals surface area contributed by atoms with E-state index in [4.69, 9.17) is 0 Å². The van der Waals surface area contributed by atoms with Crippen molar-refractivity contribution in [2.45, 2.75) is 39.5 Å². The van der Waals surface area contributed by atoms with E-state index in [-0.39, 0.29) is 36.4 Å². The van der Waals surface area contributed by atoms with Gasteiger partial charge in [-0.2, -0.15) is 0 Å². The maximum absolute atomic E-state index is 12.1. The third kappa shape index (κ3) is 7.63. The first-order valence-corrected chi connectivity index (χ1v) is 9.10. The molecule has 140 valence electrons. The van der Waals surface area contributed by atoms with Gasteiger partial charge in [-0.05, 0) is 43.7 Å². The quantitative estimate of drug-likeness (QED) is 0.375. The van der Waals surface area contributed by atoms with E-state index < -0.39 is 0 Å². The number of carbonyl (C=O) groups is 1. The van der Waals surface area contributed by atoms with Gasteiger partial charge in [0.2, 0.25) is 5.91 Å². The van der Waals surface area contributed by atoms with Gasteiger partial charge < -0.3 is 15.5 Å². The highest BCUT2D eigenvalue weighted by Crippen LogP contribution is 2.07. The molecular formula is C19H31IN4O. The van der Waals surface area contributed by atoms with E-state index in [1.165, 1.54) is 11.1 Å². The molecule has 1 fully saturated rings. The largest absolute Gasteiger partial charge is 0.357 e. The van der Waals surface area contributed by atoms with Gasteiger partial charge in [0.05, 0.1) is 0 Å². The number of hydrogen-bond donors (Lipinski definition) is 2. The molecule has 1 amide bonds. The van der Waals surface area contributed by atoms with Gasteiger partial charge in [0, 0.05) is 26.2 Å². The van der Waals surface area contributed by atoms with Crippen LogP contribution in [0.3, 0.4) is 0 Å². The van der Waals surface area contributed by atoms with Crippen LogP contribution in [0.2, 0.25) is 0 Å². The summed E-state index contributed by atoms with van der Waals surface area (Å²) in [5, 5.41) is 6.51. The predicted octanol–water partition coefficient (Wildman–Crippen LogP) is 2.59. The second kappa shape index (κ2) is 12.1. The Balaban J connectivity index is 0.00000312. The Morgan fingerprint density at radius 1 is 1.08 bits per heavy atom. The van der Waals surface area contributed by atoms with Crippen molar-refractivity contribution in [2.24, 2.45) is 4.99 Å². The molecule has 0 aliphatic carbocycles. The zero-order valence-corrected chi connectivity index (χ0v) is 17.7. The average Bonchev–Trinajstić information content (AvgIpc) is 3.14. The molecule has 5 nitrogen and oxygen atoms in total. The molecule has 2 rings (SSSR count). The summed E-state index contributed by atoms with van der Waals surface area (Å²) in [7, 11) is 0. The lowest BCUT2D eigenvalue weighted by Gasteiger charge is -2.15. The van der Waals surface area contributed by atoms with Crippen molar-refractivity contribution >= 4 is 35.8 Å². The Morgan fingerprint density at radius 2 is 1.72 bits per heavy atom. The number of rotatable bonds is 7. The number of guanidine groups is 1. The molecule has 1 saturated heterocycles. The van der Waals surface area contributed by atoms with Crippen LogP contribution in [-0.4, -0.2) is 49.5 Å². The fraction of sp³-hybridized carbons (Fsp3) is 0.579. The number of aliphatic imine (C=N–C) groups is 1. The standard InChI is InChI=1S/C19H30N4O.HI/c1-3-16-7-9-17(10-8-16)11-12-21-19(20-4-2)22-15-18(24)23-13-5-6-14-23;/h7-10H,3-6,11-15H2,1-2H3,(H2,20,21,22);1H. The van der Waals surface area contributed by atoms with E-state index in [1.807, 2.05) is 11.8 Å². The number of aryl methyl sites for hydroxylation is 1. The summed E-state index contributed by atoms with van der Waals surface area (Å²) in [5.41, 5.74) is 2.67. The van der Waals surface area contributed by atoms with E-state index in [1.54, 1.807) is 0 Å². The van der Waals surface area contributed by atoms with Gasteiger partial charge >= 0.3 is 0 Å². The summed E-state index contributed by atoms with van der Waals surface area (Å²) >= 11 is 0. The lowest BCUT2D eigenvalue weighted by Crippen LogP contribution is -2.39. The number of halogens is 1. The smallest absolute Gasteiger partial charge is 0.244 e. The van der Waals surface area contributed by atoms with Gasteiger partial charge in [0.25, 0.3) is 0 Å². The molecule has 1 heterocycles. The van der Waals surface area contributed by atoms with E-state index >= 15 is 0 Å². The topological polar surface area (TPSA) is 56.7 Å². The van der Waals surface area contributed by atoms with Crippen molar-refractivity contribution in [1.29, 1.82) is 0 Å². The highest BCUT2D eigenvalue weighted by atomic mass is 127. The lowest BCUT2D eigenvalue weighted by atomic mass is 10.1. The Labute approximate surface area is 168 Å². The summed E-state index contributed by atoms with van der Waals surface area (Å²) in [6, 6.07) is 8.73. The minimum absolute atomic E-state index is 0. The summed E-state index contributed by atoms with van der Waals surface area (Å²) in [4.78, 5) is 18.4. The SMILES string of the molecule is CCNC(=NCC(=O)N1CCCC1)NCCc1ccc(CC)cc1.I. The molecule has 1 aliphatic rings. The minimum Gasteiger partial charge on any atom is -0.357 e. The fourth-order valence-electron chi connectivity index (χ4n) is 2.82. The highest BCUT2D eigenvalue weighted by molar-refractivity contribution is 14.0. The van der Waals surface area contributed by atoms with Crippen molar-refractivity contribution in [2.75, 3.05) is 32.7 Å². The molecule has 25 heavy (non-hydrogen) atoms. The first-order valence-electron chi connectivity index (χ1n) is 9.10. The maximum Gasteiger partial charge on any atom is 0.244 e. The number of benzene rings is 1. The predicted molar refractivity (Wildman–Crippen MR) is 115 cm³/mol. The van der Waals surface area contributed by atoms with Gasteiger partial charge in [-0.25, -0.2) is 4.99 Å². The molecule has 0 saturated carbocycles. The van der Waals surface area contributed by atoms with Crippen LogP contribution in [0.1, 0.15) is 37.8 Å². The molecule has 2 N–H and O–H groups in total. The van der Waals surface area contributed by atoms with Crippen LogP contribution in [0.5, 0.6) is 0 Å². The van der Waals surface area contributed by atoms with E-state index in [2.05, 4.69) is 46.8 Å². The van der Waals surface area contributed by atoms with Crippen molar-refractivity contribution in [1.82, 2.24) is 15.5 Å². The zero-order chi connectivity index (χ0) is 17.2.